The van der Waals surface area contributed by atoms with Crippen LogP contribution in [0.25, 0.3) is 6.08 Å². The van der Waals surface area contributed by atoms with Crippen molar-refractivity contribution < 1.29 is 23.9 Å². The number of esters is 2. The molecule has 2 aromatic carbocycles. The number of rotatable bonds is 6. The van der Waals surface area contributed by atoms with E-state index in [1.54, 1.807) is 61.5 Å². The lowest BCUT2D eigenvalue weighted by Crippen LogP contribution is -2.21. The lowest BCUT2D eigenvalue weighted by atomic mass is 10.1. The average molecular weight is 368 g/mol. The van der Waals surface area contributed by atoms with E-state index in [0.29, 0.717) is 16.9 Å². The Balaban J connectivity index is 2.13. The van der Waals surface area contributed by atoms with E-state index in [1.807, 2.05) is 0 Å². The van der Waals surface area contributed by atoms with E-state index in [0.717, 1.165) is 0 Å². The minimum atomic E-state index is -0.552. The third kappa shape index (κ3) is 5.71. The van der Waals surface area contributed by atoms with Crippen molar-refractivity contribution in [2.24, 2.45) is 0 Å². The minimum absolute atomic E-state index is 0.241. The average Bonchev–Trinajstić information content (AvgIpc) is 2.67. The van der Waals surface area contributed by atoms with Gasteiger partial charge in [-0.05, 0) is 36.8 Å². The lowest BCUT2D eigenvalue weighted by Gasteiger charge is -2.12. The summed E-state index contributed by atoms with van der Waals surface area (Å²) in [6.45, 7) is 2.00. The molecule has 0 unspecified atom stereocenters. The van der Waals surface area contributed by atoms with Gasteiger partial charge in [-0.3, -0.25) is 0 Å². The summed E-state index contributed by atoms with van der Waals surface area (Å²) in [5.41, 5.74) is 1.68. The molecule has 140 valence electrons. The summed E-state index contributed by atoms with van der Waals surface area (Å²) in [5, 5.41) is 5.31. The number of carbonyl (C=O) groups is 3. The van der Waals surface area contributed by atoms with E-state index in [1.165, 1.54) is 13.2 Å². The molecule has 2 rings (SSSR count). The molecule has 0 aliphatic rings. The Morgan fingerprint density at radius 2 is 1.59 bits per heavy atom. The maximum absolute atomic E-state index is 12.3. The van der Waals surface area contributed by atoms with E-state index < -0.39 is 18.0 Å². The van der Waals surface area contributed by atoms with Gasteiger partial charge < -0.3 is 20.1 Å². The zero-order valence-corrected chi connectivity index (χ0v) is 15.0. The predicted molar refractivity (Wildman–Crippen MR) is 103 cm³/mol. The van der Waals surface area contributed by atoms with Gasteiger partial charge in [0.15, 0.2) is 0 Å². The van der Waals surface area contributed by atoms with Gasteiger partial charge in [-0.25, -0.2) is 14.4 Å². The largest absolute Gasteiger partial charge is 0.465 e. The molecule has 0 atom stereocenters. The highest BCUT2D eigenvalue weighted by molar-refractivity contribution is 6.05. The van der Waals surface area contributed by atoms with Crippen LogP contribution in [0.5, 0.6) is 0 Å². The van der Waals surface area contributed by atoms with Crippen molar-refractivity contribution in [2.45, 2.75) is 6.92 Å². The van der Waals surface area contributed by atoms with Crippen molar-refractivity contribution in [3.8, 4) is 0 Å². The van der Waals surface area contributed by atoms with Crippen LogP contribution in [-0.4, -0.2) is 31.7 Å². The third-order valence-corrected chi connectivity index (χ3v) is 3.48. The molecule has 0 radical (unpaired) electrons. The first kappa shape index (κ1) is 19.7. The molecule has 0 bridgehead atoms. The molecule has 0 aliphatic carbocycles. The molecular weight excluding hydrogens is 348 g/mol. The number of benzene rings is 2. The Morgan fingerprint density at radius 3 is 2.30 bits per heavy atom. The van der Waals surface area contributed by atoms with Crippen molar-refractivity contribution in [1.82, 2.24) is 0 Å². The number of para-hydroxylation sites is 2. The van der Waals surface area contributed by atoms with Crippen molar-refractivity contribution in [3.05, 3.63) is 65.7 Å². The second kappa shape index (κ2) is 9.76. The summed E-state index contributed by atoms with van der Waals surface area (Å²) in [6, 6.07) is 12.9. The van der Waals surface area contributed by atoms with Crippen molar-refractivity contribution >= 4 is 35.4 Å². The summed E-state index contributed by atoms with van der Waals surface area (Å²) in [6.07, 6.45) is 2.84. The van der Waals surface area contributed by atoms with Gasteiger partial charge in [0.05, 0.1) is 25.0 Å². The molecule has 2 aromatic rings. The summed E-state index contributed by atoms with van der Waals surface area (Å²) in [4.78, 5) is 35.6. The number of carbonyl (C=O) groups excluding carboxylic acids is 3. The Labute approximate surface area is 157 Å². The lowest BCUT2D eigenvalue weighted by molar-refractivity contribution is -0.137. The number of nitrogens with one attached hydrogen (secondary N) is 2. The highest BCUT2D eigenvalue weighted by atomic mass is 16.5. The maximum Gasteiger partial charge on any atom is 0.339 e. The highest BCUT2D eigenvalue weighted by Crippen LogP contribution is 2.19. The highest BCUT2D eigenvalue weighted by Gasteiger charge is 2.13. The van der Waals surface area contributed by atoms with Gasteiger partial charge in [0.1, 0.15) is 0 Å². The topological polar surface area (TPSA) is 93.7 Å². The number of ether oxygens (including phenoxy) is 2. The van der Waals surface area contributed by atoms with Crippen molar-refractivity contribution in [2.75, 3.05) is 24.4 Å². The minimum Gasteiger partial charge on any atom is -0.465 e. The van der Waals surface area contributed by atoms with Crippen molar-refractivity contribution in [3.63, 3.8) is 0 Å². The molecule has 0 spiro atoms. The van der Waals surface area contributed by atoms with Gasteiger partial charge in [0, 0.05) is 11.8 Å². The van der Waals surface area contributed by atoms with Crippen LogP contribution < -0.4 is 10.6 Å². The number of methoxy groups -OCH3 is 1. The smallest absolute Gasteiger partial charge is 0.339 e. The van der Waals surface area contributed by atoms with Gasteiger partial charge in [-0.1, -0.05) is 30.3 Å². The predicted octanol–water partition coefficient (Wildman–Crippen LogP) is 3.69. The van der Waals surface area contributed by atoms with Crippen LogP contribution in [0, 0.1) is 0 Å². The molecule has 2 N–H and O–H groups in total. The van der Waals surface area contributed by atoms with Crippen LogP contribution in [-0.2, 0) is 14.3 Å². The number of hydrogen-bond acceptors (Lipinski definition) is 5. The summed E-state index contributed by atoms with van der Waals surface area (Å²) in [7, 11) is 1.27. The Hall–Kier alpha value is -3.61. The quantitative estimate of drug-likeness (QED) is 0.599. The molecule has 27 heavy (non-hydrogen) atoms. The summed E-state index contributed by atoms with van der Waals surface area (Å²) in [5.74, 6) is -1.02. The van der Waals surface area contributed by atoms with Crippen LogP contribution in [0.4, 0.5) is 16.2 Å². The first-order valence-electron chi connectivity index (χ1n) is 8.24. The number of anilines is 2. The second-order valence-corrected chi connectivity index (χ2v) is 5.29. The van der Waals surface area contributed by atoms with Crippen LogP contribution in [0.1, 0.15) is 22.8 Å². The molecule has 0 saturated carbocycles. The van der Waals surface area contributed by atoms with Crippen LogP contribution in [0.15, 0.2) is 54.6 Å². The SMILES string of the molecule is CCOC(=O)/C=C/c1ccccc1NC(=O)Nc1ccccc1C(=O)OC. The zero-order valence-electron chi connectivity index (χ0n) is 15.0. The van der Waals surface area contributed by atoms with Crippen LogP contribution >= 0.6 is 0 Å². The van der Waals surface area contributed by atoms with Crippen LogP contribution in [0.2, 0.25) is 0 Å². The number of urea groups is 1. The van der Waals surface area contributed by atoms with Gasteiger partial charge in [0.2, 0.25) is 0 Å². The molecule has 7 heteroatoms. The third-order valence-electron chi connectivity index (χ3n) is 3.48. The fraction of sp³-hybridized carbons (Fsp3) is 0.150. The van der Waals surface area contributed by atoms with E-state index in [9.17, 15) is 14.4 Å². The molecule has 0 heterocycles. The first-order valence-corrected chi connectivity index (χ1v) is 8.24. The van der Waals surface area contributed by atoms with Crippen molar-refractivity contribution in [1.29, 1.82) is 0 Å². The van der Waals surface area contributed by atoms with E-state index >= 15 is 0 Å². The Bertz CT molecular complexity index is 861. The van der Waals surface area contributed by atoms with E-state index in [-0.39, 0.29) is 12.2 Å². The molecule has 7 nitrogen and oxygen atoms in total. The fourth-order valence-corrected chi connectivity index (χ4v) is 2.26. The molecule has 0 aromatic heterocycles. The molecule has 0 saturated heterocycles. The molecule has 0 fully saturated rings. The standard InChI is InChI=1S/C20H20N2O5/c1-3-27-18(23)13-12-14-8-4-6-10-16(14)21-20(25)22-17-11-7-5-9-15(17)19(24)26-2/h4-13H,3H2,1-2H3,(H2,21,22,25)/b13-12+. The molecular formula is C20H20N2O5. The second-order valence-electron chi connectivity index (χ2n) is 5.29. The molecule has 2 amide bonds. The first-order chi connectivity index (χ1) is 13.0. The zero-order chi connectivity index (χ0) is 19.6. The number of amides is 2. The van der Waals surface area contributed by atoms with E-state index in [4.69, 9.17) is 9.47 Å². The van der Waals surface area contributed by atoms with E-state index in [2.05, 4.69) is 10.6 Å². The van der Waals surface area contributed by atoms with Crippen LogP contribution in [0.3, 0.4) is 0 Å². The summed E-state index contributed by atoms with van der Waals surface area (Å²) >= 11 is 0. The Kier molecular flexibility index (Phi) is 7.13. The van der Waals surface area contributed by atoms with Gasteiger partial charge in [-0.2, -0.15) is 0 Å². The Morgan fingerprint density at radius 1 is 0.963 bits per heavy atom. The monoisotopic (exact) mass is 368 g/mol. The molecule has 0 aliphatic heterocycles. The normalized spacial score (nSPS) is 10.3. The summed E-state index contributed by atoms with van der Waals surface area (Å²) < 4.78 is 9.55. The van der Waals surface area contributed by atoms with Gasteiger partial charge >= 0.3 is 18.0 Å². The number of hydrogen-bond donors (Lipinski definition) is 2. The fourth-order valence-electron chi connectivity index (χ4n) is 2.26. The maximum atomic E-state index is 12.3. The van der Waals surface area contributed by atoms with Gasteiger partial charge in [-0.15, -0.1) is 0 Å². The van der Waals surface area contributed by atoms with Gasteiger partial charge in [0.25, 0.3) is 0 Å².